The molecule has 72 valence electrons. The van der Waals surface area contributed by atoms with Crippen LogP contribution in [0.5, 0.6) is 0 Å². The monoisotopic (exact) mass is 187 g/mol. The highest BCUT2D eigenvalue weighted by atomic mass is 19.1. The maximum absolute atomic E-state index is 12.8. The van der Waals surface area contributed by atoms with Crippen molar-refractivity contribution in [3.05, 3.63) is 23.7 Å². The maximum atomic E-state index is 12.8. The highest BCUT2D eigenvalue weighted by Gasteiger charge is 2.22. The van der Waals surface area contributed by atoms with Gasteiger partial charge in [0.05, 0.1) is 0 Å². The molecule has 0 radical (unpaired) electrons. The van der Waals surface area contributed by atoms with Gasteiger partial charge in [0.15, 0.2) is 0 Å². The lowest BCUT2D eigenvalue weighted by Gasteiger charge is -2.29. The van der Waals surface area contributed by atoms with Crippen LogP contribution in [0.25, 0.3) is 0 Å². The summed E-state index contributed by atoms with van der Waals surface area (Å²) < 4.78 is 30.9. The molecule has 0 aromatic carbocycles. The lowest BCUT2D eigenvalue weighted by atomic mass is 10.1. The van der Waals surface area contributed by atoms with Gasteiger partial charge in [-0.15, -0.1) is 0 Å². The highest BCUT2D eigenvalue weighted by molar-refractivity contribution is 5.23. The lowest BCUT2D eigenvalue weighted by Crippen LogP contribution is -2.48. The molecule has 13 heavy (non-hydrogen) atoms. The van der Waals surface area contributed by atoms with Gasteiger partial charge in [0, 0.05) is 25.6 Å². The predicted octanol–water partition coefficient (Wildman–Crippen LogP) is 1.45. The Hall–Kier alpha value is -0.900. The first kappa shape index (κ1) is 8.69. The van der Waals surface area contributed by atoms with Gasteiger partial charge >= 0.3 is 0 Å². The van der Waals surface area contributed by atoms with Crippen LogP contribution in [0.15, 0.2) is 23.7 Å². The van der Waals surface area contributed by atoms with Gasteiger partial charge in [-0.05, 0) is 6.08 Å². The largest absolute Gasteiger partial charge is 0.488 e. The summed E-state index contributed by atoms with van der Waals surface area (Å²) in [6.45, 7) is 1.51. The zero-order valence-electron chi connectivity index (χ0n) is 7.09. The molecule has 2 aliphatic rings. The van der Waals surface area contributed by atoms with Crippen molar-refractivity contribution in [3.8, 4) is 0 Å². The summed E-state index contributed by atoms with van der Waals surface area (Å²) in [5, 5.41) is 3.01. The fourth-order valence-corrected chi connectivity index (χ4v) is 1.30. The molecule has 0 bridgehead atoms. The van der Waals surface area contributed by atoms with Crippen LogP contribution in [-0.2, 0) is 4.74 Å². The van der Waals surface area contributed by atoms with E-state index in [9.17, 15) is 8.78 Å². The molecule has 2 rings (SSSR count). The van der Waals surface area contributed by atoms with Crippen molar-refractivity contribution < 1.29 is 13.5 Å². The summed E-state index contributed by atoms with van der Waals surface area (Å²) in [6, 6.07) is 0. The summed E-state index contributed by atoms with van der Waals surface area (Å²) in [5.74, 6) is -0.125. The van der Waals surface area contributed by atoms with E-state index in [1.54, 1.807) is 0 Å². The Morgan fingerprint density at radius 2 is 2.23 bits per heavy atom. The van der Waals surface area contributed by atoms with Gasteiger partial charge in [-0.2, -0.15) is 0 Å². The second-order valence-corrected chi connectivity index (χ2v) is 3.28. The number of ether oxygens (including phenoxy) is 1. The molecule has 0 aromatic rings. The molecule has 1 atom stereocenters. The van der Waals surface area contributed by atoms with Crippen LogP contribution in [-0.4, -0.2) is 25.4 Å². The molecule has 0 aromatic heterocycles. The van der Waals surface area contributed by atoms with Crippen molar-refractivity contribution in [2.24, 2.45) is 0 Å². The summed E-state index contributed by atoms with van der Waals surface area (Å²) in [6.07, 6.45) is 1.25. The molecular formula is C9H11F2NO. The summed E-state index contributed by atoms with van der Waals surface area (Å²) in [4.78, 5) is 0. The minimum atomic E-state index is -1.24. The van der Waals surface area contributed by atoms with E-state index in [0.717, 1.165) is 13.1 Å². The van der Waals surface area contributed by atoms with E-state index in [0.29, 0.717) is 5.76 Å². The summed E-state index contributed by atoms with van der Waals surface area (Å²) in [7, 11) is 0. The first-order valence-corrected chi connectivity index (χ1v) is 4.33. The van der Waals surface area contributed by atoms with Crippen molar-refractivity contribution in [2.75, 3.05) is 13.1 Å². The fraction of sp³-hybridized carbons (Fsp3) is 0.556. The van der Waals surface area contributed by atoms with Gasteiger partial charge in [0.1, 0.15) is 23.9 Å². The SMILES string of the molecule is FC1=CC(OC2CNC2)=CC(F)C1. The van der Waals surface area contributed by atoms with Crippen LogP contribution >= 0.6 is 0 Å². The van der Waals surface area contributed by atoms with Crippen molar-refractivity contribution >= 4 is 0 Å². The fourth-order valence-electron chi connectivity index (χ4n) is 1.30. The average Bonchev–Trinajstić information content (AvgIpc) is 1.95. The topological polar surface area (TPSA) is 21.3 Å². The Bertz CT molecular complexity index is 258. The third kappa shape index (κ3) is 2.06. The third-order valence-electron chi connectivity index (χ3n) is 2.08. The first-order chi connectivity index (χ1) is 6.24. The second kappa shape index (κ2) is 3.46. The number of allylic oxidation sites excluding steroid dienone is 3. The van der Waals surface area contributed by atoms with Crippen LogP contribution in [0.2, 0.25) is 0 Å². The molecule has 1 fully saturated rings. The van der Waals surface area contributed by atoms with E-state index in [-0.39, 0.29) is 12.5 Å². The molecule has 0 spiro atoms. The molecular weight excluding hydrogens is 176 g/mol. The Kier molecular flexibility index (Phi) is 2.31. The Labute approximate surface area is 75.3 Å². The van der Waals surface area contributed by atoms with Gasteiger partial charge in [0.25, 0.3) is 0 Å². The van der Waals surface area contributed by atoms with Crippen molar-refractivity contribution in [2.45, 2.75) is 18.7 Å². The molecule has 4 heteroatoms. The van der Waals surface area contributed by atoms with Gasteiger partial charge < -0.3 is 10.1 Å². The van der Waals surface area contributed by atoms with Gasteiger partial charge in [0.2, 0.25) is 0 Å². The quantitative estimate of drug-likeness (QED) is 0.706. The number of nitrogens with one attached hydrogen (secondary N) is 1. The van der Waals surface area contributed by atoms with Crippen molar-refractivity contribution in [1.29, 1.82) is 0 Å². The number of halogens is 2. The summed E-state index contributed by atoms with van der Waals surface area (Å²) in [5.41, 5.74) is 0. The second-order valence-electron chi connectivity index (χ2n) is 3.28. The Morgan fingerprint density at radius 1 is 1.46 bits per heavy atom. The Balaban J connectivity index is 1.96. The van der Waals surface area contributed by atoms with Gasteiger partial charge in [-0.3, -0.25) is 0 Å². The molecule has 0 amide bonds. The van der Waals surface area contributed by atoms with Crippen LogP contribution < -0.4 is 5.32 Å². The lowest BCUT2D eigenvalue weighted by molar-refractivity contribution is 0.0751. The average molecular weight is 187 g/mol. The zero-order chi connectivity index (χ0) is 9.26. The van der Waals surface area contributed by atoms with E-state index in [1.165, 1.54) is 12.2 Å². The minimum Gasteiger partial charge on any atom is -0.488 e. The normalized spacial score (nSPS) is 28.9. The number of hydrogen-bond donors (Lipinski definition) is 1. The summed E-state index contributed by atoms with van der Waals surface area (Å²) >= 11 is 0. The van der Waals surface area contributed by atoms with Crippen LogP contribution in [0.4, 0.5) is 8.78 Å². The molecule has 1 N–H and O–H groups in total. The maximum Gasteiger partial charge on any atom is 0.128 e. The van der Waals surface area contributed by atoms with E-state index in [1.807, 2.05) is 0 Å². The third-order valence-corrected chi connectivity index (χ3v) is 2.08. The van der Waals surface area contributed by atoms with Crippen LogP contribution in [0.3, 0.4) is 0 Å². The number of hydrogen-bond acceptors (Lipinski definition) is 2. The first-order valence-electron chi connectivity index (χ1n) is 4.33. The van der Waals surface area contributed by atoms with E-state index in [2.05, 4.69) is 5.32 Å². The van der Waals surface area contributed by atoms with Crippen LogP contribution in [0.1, 0.15) is 6.42 Å². The number of rotatable bonds is 2. The van der Waals surface area contributed by atoms with Gasteiger partial charge in [-0.25, -0.2) is 8.78 Å². The smallest absolute Gasteiger partial charge is 0.128 e. The molecule has 2 nitrogen and oxygen atoms in total. The van der Waals surface area contributed by atoms with Crippen molar-refractivity contribution in [3.63, 3.8) is 0 Å². The molecule has 1 unspecified atom stereocenters. The molecule has 1 heterocycles. The number of alkyl halides is 1. The van der Waals surface area contributed by atoms with Gasteiger partial charge in [-0.1, -0.05) is 0 Å². The molecule has 1 aliphatic carbocycles. The molecule has 0 saturated carbocycles. The Morgan fingerprint density at radius 3 is 2.77 bits per heavy atom. The van der Waals surface area contributed by atoms with E-state index in [4.69, 9.17) is 4.74 Å². The standard InChI is InChI=1S/C9H11F2NO/c10-6-1-7(11)3-8(2-6)13-9-4-12-5-9/h2-3,6,9,12H,1,4-5H2. The zero-order valence-corrected chi connectivity index (χ0v) is 7.09. The molecule has 1 aliphatic heterocycles. The highest BCUT2D eigenvalue weighted by Crippen LogP contribution is 2.22. The minimum absolute atomic E-state index is 0.0700. The van der Waals surface area contributed by atoms with E-state index >= 15 is 0 Å². The predicted molar refractivity (Wildman–Crippen MR) is 44.5 cm³/mol. The van der Waals surface area contributed by atoms with Crippen molar-refractivity contribution in [1.82, 2.24) is 5.32 Å². The molecule has 1 saturated heterocycles. The van der Waals surface area contributed by atoms with Crippen LogP contribution in [0, 0.1) is 0 Å². The van der Waals surface area contributed by atoms with E-state index < -0.39 is 12.0 Å².